The second-order valence-corrected chi connectivity index (χ2v) is 4.82. The van der Waals surface area contributed by atoms with E-state index in [2.05, 4.69) is 10.2 Å². The molecular formula is C9H13N5O2S. The number of nitrogens with two attached hydrogens (primary N) is 1. The lowest BCUT2D eigenvalue weighted by molar-refractivity contribution is -0.119. The summed E-state index contributed by atoms with van der Waals surface area (Å²) in [6.45, 7) is 0. The quantitative estimate of drug-likeness (QED) is 0.736. The van der Waals surface area contributed by atoms with Crippen LogP contribution in [0.4, 0.5) is 4.79 Å². The van der Waals surface area contributed by atoms with E-state index in [1.807, 2.05) is 9.88 Å². The summed E-state index contributed by atoms with van der Waals surface area (Å²) >= 11 is 1.45. The number of carbonyl (C=O) groups excluding carboxylic acids is 2. The van der Waals surface area contributed by atoms with E-state index >= 15 is 0 Å². The summed E-state index contributed by atoms with van der Waals surface area (Å²) in [7, 11) is 0. The molecule has 0 aliphatic heterocycles. The molecule has 17 heavy (non-hydrogen) atoms. The number of carbonyl (C=O) groups is 2. The number of nitrogens with zero attached hydrogens (tertiary/aromatic N) is 3. The summed E-state index contributed by atoms with van der Waals surface area (Å²) in [6.07, 6.45) is 4.26. The van der Waals surface area contributed by atoms with Gasteiger partial charge in [-0.2, -0.15) is 0 Å². The number of thioether (sulfide) groups is 1. The van der Waals surface area contributed by atoms with Crippen molar-refractivity contribution in [2.75, 3.05) is 5.75 Å². The van der Waals surface area contributed by atoms with Crippen molar-refractivity contribution >= 4 is 23.7 Å². The van der Waals surface area contributed by atoms with Crippen LogP contribution in [0.5, 0.6) is 0 Å². The minimum Gasteiger partial charge on any atom is -0.351 e. The number of amides is 3. The van der Waals surface area contributed by atoms with Crippen LogP contribution in [0.2, 0.25) is 0 Å². The zero-order chi connectivity index (χ0) is 12.3. The lowest BCUT2D eigenvalue weighted by Gasteiger charge is -2.03. The van der Waals surface area contributed by atoms with Crippen molar-refractivity contribution in [3.63, 3.8) is 0 Å². The molecule has 92 valence electrons. The molecule has 0 spiro atoms. The highest BCUT2D eigenvalue weighted by atomic mass is 32.2. The predicted molar refractivity (Wildman–Crippen MR) is 61.4 cm³/mol. The number of primary amides is 1. The zero-order valence-electron chi connectivity index (χ0n) is 9.13. The number of hydrogen-bond acceptors (Lipinski definition) is 5. The van der Waals surface area contributed by atoms with E-state index in [0.717, 1.165) is 18.0 Å². The Morgan fingerprint density at radius 3 is 3.00 bits per heavy atom. The van der Waals surface area contributed by atoms with Crippen molar-refractivity contribution in [1.29, 1.82) is 0 Å². The second kappa shape index (κ2) is 5.17. The average molecular weight is 255 g/mol. The van der Waals surface area contributed by atoms with Crippen molar-refractivity contribution in [1.82, 2.24) is 20.1 Å². The van der Waals surface area contributed by atoms with E-state index in [-0.39, 0.29) is 12.3 Å². The molecule has 0 bridgehead atoms. The Morgan fingerprint density at radius 2 is 2.35 bits per heavy atom. The van der Waals surface area contributed by atoms with Crippen LogP contribution in [0.3, 0.4) is 0 Å². The first-order valence-electron chi connectivity index (χ1n) is 5.28. The van der Waals surface area contributed by atoms with Gasteiger partial charge in [-0.3, -0.25) is 10.1 Å². The molecule has 1 aromatic rings. The Kier molecular flexibility index (Phi) is 3.62. The number of rotatable bonds is 5. The van der Waals surface area contributed by atoms with Gasteiger partial charge in [0.1, 0.15) is 6.33 Å². The van der Waals surface area contributed by atoms with E-state index in [4.69, 9.17) is 5.73 Å². The van der Waals surface area contributed by atoms with Crippen LogP contribution in [0, 0.1) is 0 Å². The molecule has 0 aromatic carbocycles. The number of aromatic nitrogens is 3. The molecule has 2 rings (SSSR count). The molecule has 3 amide bonds. The van der Waals surface area contributed by atoms with Gasteiger partial charge in [-0.15, -0.1) is 10.2 Å². The third-order valence-electron chi connectivity index (χ3n) is 2.30. The molecule has 1 aliphatic carbocycles. The number of urea groups is 1. The molecule has 1 saturated carbocycles. The van der Waals surface area contributed by atoms with Gasteiger partial charge in [0.15, 0.2) is 5.16 Å². The molecular weight excluding hydrogens is 242 g/mol. The first-order chi connectivity index (χ1) is 8.16. The monoisotopic (exact) mass is 255 g/mol. The Hall–Kier alpha value is -1.57. The molecule has 8 heteroatoms. The molecule has 1 heterocycles. The van der Waals surface area contributed by atoms with Crippen molar-refractivity contribution in [2.45, 2.75) is 30.5 Å². The van der Waals surface area contributed by atoms with Gasteiger partial charge in [-0.05, 0) is 12.8 Å². The van der Waals surface area contributed by atoms with E-state index in [0.29, 0.717) is 11.8 Å². The van der Waals surface area contributed by atoms with Crippen molar-refractivity contribution in [3.05, 3.63) is 6.33 Å². The van der Waals surface area contributed by atoms with Gasteiger partial charge in [0.25, 0.3) is 0 Å². The van der Waals surface area contributed by atoms with Crippen molar-refractivity contribution in [3.8, 4) is 0 Å². The Morgan fingerprint density at radius 1 is 1.59 bits per heavy atom. The van der Waals surface area contributed by atoms with Crippen molar-refractivity contribution in [2.24, 2.45) is 5.73 Å². The van der Waals surface area contributed by atoms with Crippen LogP contribution >= 0.6 is 11.8 Å². The van der Waals surface area contributed by atoms with Crippen LogP contribution in [0.15, 0.2) is 11.5 Å². The summed E-state index contributed by atoms with van der Waals surface area (Å²) < 4.78 is 2.02. The third-order valence-corrected chi connectivity index (χ3v) is 3.26. The Labute approximate surface area is 102 Å². The lowest BCUT2D eigenvalue weighted by Crippen LogP contribution is -2.35. The van der Waals surface area contributed by atoms with E-state index < -0.39 is 6.03 Å². The summed E-state index contributed by atoms with van der Waals surface area (Å²) in [6, 6.07) is -0.298. The smallest absolute Gasteiger partial charge is 0.318 e. The molecule has 1 aromatic heterocycles. The van der Waals surface area contributed by atoms with Crippen LogP contribution < -0.4 is 11.1 Å². The Bertz CT molecular complexity index is 429. The van der Waals surface area contributed by atoms with Gasteiger partial charge in [0.2, 0.25) is 5.91 Å². The number of nitrogens with one attached hydrogen (secondary N) is 1. The zero-order valence-corrected chi connectivity index (χ0v) is 9.94. The molecule has 0 unspecified atom stereocenters. The Balaban J connectivity index is 1.76. The second-order valence-electron chi connectivity index (χ2n) is 3.76. The predicted octanol–water partition coefficient (Wildman–Crippen LogP) is 0.290. The highest BCUT2D eigenvalue weighted by Gasteiger charge is 2.26. The number of imide groups is 1. The highest BCUT2D eigenvalue weighted by Crippen LogP contribution is 2.37. The van der Waals surface area contributed by atoms with Gasteiger partial charge in [0, 0.05) is 18.2 Å². The normalized spacial score (nSPS) is 14.6. The molecule has 0 saturated heterocycles. The molecule has 1 fully saturated rings. The fraction of sp³-hybridized carbons (Fsp3) is 0.556. The van der Waals surface area contributed by atoms with Gasteiger partial charge in [-0.1, -0.05) is 11.8 Å². The topological polar surface area (TPSA) is 103 Å². The fourth-order valence-electron chi connectivity index (χ4n) is 1.37. The molecule has 0 atom stereocenters. The standard InChI is InChI=1S/C9H13N5O2S/c10-8(16)12-7(15)3-4-17-9-13-11-5-14(9)6-1-2-6/h5-6H,1-4H2,(H3,10,12,15,16). The molecule has 1 aliphatic rings. The van der Waals surface area contributed by atoms with Crippen molar-refractivity contribution < 1.29 is 9.59 Å². The van der Waals surface area contributed by atoms with Gasteiger partial charge in [0.05, 0.1) is 0 Å². The van der Waals surface area contributed by atoms with Gasteiger partial charge < -0.3 is 10.3 Å². The molecule has 7 nitrogen and oxygen atoms in total. The molecule has 0 radical (unpaired) electrons. The summed E-state index contributed by atoms with van der Waals surface area (Å²) in [5.41, 5.74) is 4.83. The van der Waals surface area contributed by atoms with Crippen LogP contribution in [0.25, 0.3) is 0 Å². The summed E-state index contributed by atoms with van der Waals surface area (Å²) in [4.78, 5) is 21.6. The summed E-state index contributed by atoms with van der Waals surface area (Å²) in [5, 5.41) is 10.7. The third kappa shape index (κ3) is 3.45. The minimum absolute atomic E-state index is 0.227. The van der Waals surface area contributed by atoms with E-state index in [1.54, 1.807) is 6.33 Å². The minimum atomic E-state index is -0.818. The first kappa shape index (κ1) is 11.9. The molecule has 3 N–H and O–H groups in total. The van der Waals surface area contributed by atoms with Gasteiger partial charge >= 0.3 is 6.03 Å². The maximum atomic E-state index is 11.1. The maximum absolute atomic E-state index is 11.1. The van der Waals surface area contributed by atoms with Crippen LogP contribution in [-0.2, 0) is 4.79 Å². The average Bonchev–Trinajstić information content (AvgIpc) is 2.98. The highest BCUT2D eigenvalue weighted by molar-refractivity contribution is 7.99. The van der Waals surface area contributed by atoms with E-state index in [9.17, 15) is 9.59 Å². The number of hydrogen-bond donors (Lipinski definition) is 2. The SMILES string of the molecule is NC(=O)NC(=O)CCSc1nncn1C1CC1. The van der Waals surface area contributed by atoms with E-state index in [1.165, 1.54) is 11.8 Å². The lowest BCUT2D eigenvalue weighted by atomic mass is 10.4. The largest absolute Gasteiger partial charge is 0.351 e. The first-order valence-corrected chi connectivity index (χ1v) is 6.27. The van der Waals surface area contributed by atoms with Crippen LogP contribution in [0.1, 0.15) is 25.3 Å². The summed E-state index contributed by atoms with van der Waals surface area (Å²) in [5.74, 6) is 0.173. The van der Waals surface area contributed by atoms with Crippen LogP contribution in [-0.4, -0.2) is 32.5 Å². The fourth-order valence-corrected chi connectivity index (χ4v) is 2.29. The van der Waals surface area contributed by atoms with Gasteiger partial charge in [-0.25, -0.2) is 4.79 Å². The maximum Gasteiger partial charge on any atom is 0.318 e.